The van der Waals surface area contributed by atoms with Crippen molar-refractivity contribution in [1.82, 2.24) is 10.2 Å². The molecule has 0 radical (unpaired) electrons. The average Bonchev–Trinajstić information content (AvgIpc) is 2.52. The Morgan fingerprint density at radius 1 is 1.30 bits per heavy atom. The molecular weight excluding hydrogens is 244 g/mol. The summed E-state index contributed by atoms with van der Waals surface area (Å²) in [5.41, 5.74) is 1.46. The highest BCUT2D eigenvalue weighted by molar-refractivity contribution is 5.14. The summed E-state index contributed by atoms with van der Waals surface area (Å²) in [6.07, 6.45) is 5.18. The maximum absolute atomic E-state index is 3.74. The van der Waals surface area contributed by atoms with Crippen LogP contribution in [0.2, 0.25) is 0 Å². The number of likely N-dealkylation sites (tertiary alicyclic amines) is 1. The first-order valence-corrected chi connectivity index (χ1v) is 8.29. The van der Waals surface area contributed by atoms with Gasteiger partial charge in [0.2, 0.25) is 0 Å². The molecule has 1 heterocycles. The normalized spacial score (nSPS) is 21.8. The third-order valence-electron chi connectivity index (χ3n) is 4.65. The van der Waals surface area contributed by atoms with E-state index >= 15 is 0 Å². The molecule has 1 saturated heterocycles. The molecule has 2 rings (SSSR count). The van der Waals surface area contributed by atoms with Gasteiger partial charge in [0.25, 0.3) is 0 Å². The van der Waals surface area contributed by atoms with Gasteiger partial charge in [-0.25, -0.2) is 0 Å². The number of hydrogen-bond acceptors (Lipinski definition) is 2. The first-order valence-electron chi connectivity index (χ1n) is 8.29. The highest BCUT2D eigenvalue weighted by Gasteiger charge is 2.23. The van der Waals surface area contributed by atoms with Crippen molar-refractivity contribution in [2.75, 3.05) is 26.2 Å². The molecule has 0 aliphatic carbocycles. The van der Waals surface area contributed by atoms with Crippen LogP contribution in [0.5, 0.6) is 0 Å². The number of aryl methyl sites for hydroxylation is 1. The van der Waals surface area contributed by atoms with Crippen molar-refractivity contribution in [3.05, 3.63) is 35.9 Å². The lowest BCUT2D eigenvalue weighted by molar-refractivity contribution is 0.157. The van der Waals surface area contributed by atoms with Gasteiger partial charge in [-0.2, -0.15) is 0 Å². The summed E-state index contributed by atoms with van der Waals surface area (Å²) in [5.74, 6) is 0.834. The van der Waals surface area contributed by atoms with Gasteiger partial charge in [0.1, 0.15) is 0 Å². The van der Waals surface area contributed by atoms with Crippen molar-refractivity contribution in [2.24, 2.45) is 5.92 Å². The van der Waals surface area contributed by atoms with Gasteiger partial charge in [-0.05, 0) is 63.7 Å². The average molecular weight is 274 g/mol. The minimum atomic E-state index is 0.653. The summed E-state index contributed by atoms with van der Waals surface area (Å²) in [4.78, 5) is 2.59. The second-order valence-corrected chi connectivity index (χ2v) is 6.13. The molecule has 1 fully saturated rings. The highest BCUT2D eigenvalue weighted by atomic mass is 15.1. The second kappa shape index (κ2) is 8.43. The van der Waals surface area contributed by atoms with Gasteiger partial charge in [0.05, 0.1) is 0 Å². The molecule has 2 heteroatoms. The van der Waals surface area contributed by atoms with Crippen LogP contribution in [0.3, 0.4) is 0 Å². The molecule has 1 aromatic carbocycles. The predicted octanol–water partition coefficient (Wildman–Crippen LogP) is 3.33. The maximum atomic E-state index is 3.74. The molecule has 112 valence electrons. The molecule has 20 heavy (non-hydrogen) atoms. The lowest BCUT2D eigenvalue weighted by Crippen LogP contribution is -2.44. The van der Waals surface area contributed by atoms with Crippen LogP contribution in [0.25, 0.3) is 0 Å². The lowest BCUT2D eigenvalue weighted by Gasteiger charge is -2.35. The summed E-state index contributed by atoms with van der Waals surface area (Å²) in [6.45, 7) is 9.57. The fourth-order valence-corrected chi connectivity index (χ4v) is 3.22. The first-order chi connectivity index (χ1) is 9.79. The van der Waals surface area contributed by atoms with Gasteiger partial charge in [-0.3, -0.25) is 0 Å². The Morgan fingerprint density at radius 3 is 2.85 bits per heavy atom. The Hall–Kier alpha value is -0.860. The molecule has 1 aliphatic heterocycles. The first kappa shape index (κ1) is 15.5. The number of piperidine rings is 1. The number of hydrogen-bond donors (Lipinski definition) is 1. The molecule has 0 aromatic heterocycles. The standard InChI is InChI=1S/C18H30N2/c1-3-20-14-8-12-18(15-20)16(2)19-13-7-11-17-9-5-4-6-10-17/h4-6,9-10,16,18-19H,3,7-8,11-15H2,1-2H3. The van der Waals surface area contributed by atoms with E-state index in [4.69, 9.17) is 0 Å². The Balaban J connectivity index is 1.63. The Kier molecular flexibility index (Phi) is 6.55. The fourth-order valence-electron chi connectivity index (χ4n) is 3.22. The van der Waals surface area contributed by atoms with Gasteiger partial charge >= 0.3 is 0 Å². The van der Waals surface area contributed by atoms with E-state index in [0.717, 1.165) is 12.5 Å². The van der Waals surface area contributed by atoms with Crippen molar-refractivity contribution in [3.8, 4) is 0 Å². The lowest BCUT2D eigenvalue weighted by atomic mass is 9.91. The monoisotopic (exact) mass is 274 g/mol. The van der Waals surface area contributed by atoms with Gasteiger partial charge < -0.3 is 10.2 Å². The molecule has 1 aromatic rings. The Labute approximate surface area is 124 Å². The van der Waals surface area contributed by atoms with Crippen molar-refractivity contribution in [1.29, 1.82) is 0 Å². The predicted molar refractivity (Wildman–Crippen MR) is 87.1 cm³/mol. The highest BCUT2D eigenvalue weighted by Crippen LogP contribution is 2.19. The van der Waals surface area contributed by atoms with Crippen LogP contribution < -0.4 is 5.32 Å². The number of nitrogens with one attached hydrogen (secondary N) is 1. The van der Waals surface area contributed by atoms with Crippen molar-refractivity contribution in [3.63, 3.8) is 0 Å². The third-order valence-corrected chi connectivity index (χ3v) is 4.65. The van der Waals surface area contributed by atoms with Crippen LogP contribution in [0.4, 0.5) is 0 Å². The van der Waals surface area contributed by atoms with Crippen molar-refractivity contribution >= 4 is 0 Å². The van der Waals surface area contributed by atoms with Crippen LogP contribution in [0, 0.1) is 5.92 Å². The van der Waals surface area contributed by atoms with E-state index < -0.39 is 0 Å². The van der Waals surface area contributed by atoms with E-state index in [1.54, 1.807) is 0 Å². The quantitative estimate of drug-likeness (QED) is 0.767. The number of nitrogens with zero attached hydrogens (tertiary/aromatic N) is 1. The second-order valence-electron chi connectivity index (χ2n) is 6.13. The van der Waals surface area contributed by atoms with E-state index in [2.05, 4.69) is 54.4 Å². The molecule has 1 aliphatic rings. The van der Waals surface area contributed by atoms with Gasteiger partial charge in [-0.15, -0.1) is 0 Å². The minimum absolute atomic E-state index is 0.653. The summed E-state index contributed by atoms with van der Waals surface area (Å²) < 4.78 is 0. The maximum Gasteiger partial charge on any atom is 0.00792 e. The summed E-state index contributed by atoms with van der Waals surface area (Å²) in [5, 5.41) is 3.74. The summed E-state index contributed by atoms with van der Waals surface area (Å²) in [6, 6.07) is 11.5. The SMILES string of the molecule is CCN1CCCC(C(C)NCCCc2ccccc2)C1. The van der Waals surface area contributed by atoms with E-state index in [-0.39, 0.29) is 0 Å². The third kappa shape index (κ3) is 4.92. The number of benzene rings is 1. The van der Waals surface area contributed by atoms with Gasteiger partial charge in [0.15, 0.2) is 0 Å². The summed E-state index contributed by atoms with van der Waals surface area (Å²) >= 11 is 0. The van der Waals surface area contributed by atoms with Crippen molar-refractivity contribution in [2.45, 2.75) is 45.6 Å². The molecule has 1 N–H and O–H groups in total. The largest absolute Gasteiger partial charge is 0.314 e. The number of rotatable bonds is 7. The van der Waals surface area contributed by atoms with E-state index in [1.807, 2.05) is 0 Å². The van der Waals surface area contributed by atoms with Gasteiger partial charge in [-0.1, -0.05) is 37.3 Å². The molecule has 2 unspecified atom stereocenters. The fraction of sp³-hybridized carbons (Fsp3) is 0.667. The smallest absolute Gasteiger partial charge is 0.00792 e. The van der Waals surface area contributed by atoms with Crippen LogP contribution in [-0.4, -0.2) is 37.1 Å². The molecule has 0 spiro atoms. The Morgan fingerprint density at radius 2 is 2.10 bits per heavy atom. The topological polar surface area (TPSA) is 15.3 Å². The summed E-state index contributed by atoms with van der Waals surface area (Å²) in [7, 11) is 0. The van der Waals surface area contributed by atoms with Gasteiger partial charge in [0, 0.05) is 12.6 Å². The van der Waals surface area contributed by atoms with E-state index in [9.17, 15) is 0 Å². The molecular formula is C18H30N2. The zero-order valence-electron chi connectivity index (χ0n) is 13.1. The van der Waals surface area contributed by atoms with Crippen molar-refractivity contribution < 1.29 is 0 Å². The molecule has 0 saturated carbocycles. The van der Waals surface area contributed by atoms with Crippen LogP contribution in [0.1, 0.15) is 38.7 Å². The molecule has 2 atom stereocenters. The minimum Gasteiger partial charge on any atom is -0.314 e. The van der Waals surface area contributed by atoms with E-state index in [1.165, 1.54) is 50.9 Å². The zero-order chi connectivity index (χ0) is 14.2. The Bertz CT molecular complexity index is 363. The van der Waals surface area contributed by atoms with Crippen LogP contribution in [0.15, 0.2) is 30.3 Å². The van der Waals surface area contributed by atoms with Crippen LogP contribution >= 0.6 is 0 Å². The van der Waals surface area contributed by atoms with E-state index in [0.29, 0.717) is 6.04 Å². The molecule has 0 amide bonds. The molecule has 2 nitrogen and oxygen atoms in total. The zero-order valence-corrected chi connectivity index (χ0v) is 13.1. The molecule has 0 bridgehead atoms. The van der Waals surface area contributed by atoms with Crippen LogP contribution in [-0.2, 0) is 6.42 Å².